The Morgan fingerprint density at radius 2 is 1.70 bits per heavy atom. The molecule has 0 unspecified atom stereocenters. The Labute approximate surface area is 193 Å². The lowest BCUT2D eigenvalue weighted by Crippen LogP contribution is -2.44. The highest BCUT2D eigenvalue weighted by Crippen LogP contribution is 2.33. The van der Waals surface area contributed by atoms with Crippen molar-refractivity contribution in [2.24, 2.45) is 0 Å². The number of rotatable bonds is 10. The van der Waals surface area contributed by atoms with Crippen molar-refractivity contribution in [3.05, 3.63) is 59.2 Å². The molecule has 2 N–H and O–H groups in total. The van der Waals surface area contributed by atoms with E-state index in [-0.39, 0.29) is 18.2 Å². The molecule has 1 aliphatic rings. The zero-order valence-corrected chi connectivity index (χ0v) is 19.2. The van der Waals surface area contributed by atoms with Gasteiger partial charge in [0.1, 0.15) is 0 Å². The zero-order chi connectivity index (χ0) is 23.8. The molecule has 1 heterocycles. The summed E-state index contributed by atoms with van der Waals surface area (Å²) in [6.07, 6.45) is 2.53. The largest absolute Gasteiger partial charge is 0.493 e. The summed E-state index contributed by atoms with van der Waals surface area (Å²) in [6.45, 7) is 0.356. The molecule has 1 aliphatic heterocycles. The third-order valence-corrected chi connectivity index (χ3v) is 5.92. The van der Waals surface area contributed by atoms with Crippen molar-refractivity contribution in [1.29, 1.82) is 0 Å². The van der Waals surface area contributed by atoms with Crippen molar-refractivity contribution in [3.63, 3.8) is 0 Å². The predicted molar refractivity (Wildman–Crippen MR) is 122 cm³/mol. The molecule has 2 amide bonds. The van der Waals surface area contributed by atoms with Crippen molar-refractivity contribution < 1.29 is 28.6 Å². The number of hydrogen-bond donors (Lipinski definition) is 2. The quantitative estimate of drug-likeness (QED) is 0.535. The molecule has 1 saturated heterocycles. The third-order valence-electron chi connectivity index (χ3n) is 5.92. The third kappa shape index (κ3) is 6.25. The lowest BCUT2D eigenvalue weighted by molar-refractivity contribution is -0.122. The Balaban J connectivity index is 1.59. The van der Waals surface area contributed by atoms with Gasteiger partial charge in [-0.1, -0.05) is 18.2 Å². The van der Waals surface area contributed by atoms with E-state index in [4.69, 9.17) is 9.47 Å². The van der Waals surface area contributed by atoms with Gasteiger partial charge in [-0.05, 0) is 54.7 Å². The van der Waals surface area contributed by atoms with Gasteiger partial charge in [0.2, 0.25) is 11.8 Å². The van der Waals surface area contributed by atoms with Crippen LogP contribution < -0.4 is 20.1 Å². The van der Waals surface area contributed by atoms with Crippen LogP contribution in [0.4, 0.5) is 0 Å². The van der Waals surface area contributed by atoms with Crippen molar-refractivity contribution >= 4 is 17.8 Å². The first-order valence-electron chi connectivity index (χ1n) is 10.8. The molecule has 1 fully saturated rings. The summed E-state index contributed by atoms with van der Waals surface area (Å²) >= 11 is 0. The van der Waals surface area contributed by atoms with Crippen molar-refractivity contribution in [3.8, 4) is 11.5 Å². The van der Waals surface area contributed by atoms with Crippen molar-refractivity contribution in [1.82, 2.24) is 10.6 Å². The lowest BCUT2D eigenvalue weighted by Gasteiger charge is -2.29. The highest BCUT2D eigenvalue weighted by Gasteiger charge is 2.38. The molecular formula is C25H30N2O6. The minimum atomic E-state index is -0.476. The number of esters is 1. The number of benzene rings is 2. The van der Waals surface area contributed by atoms with Crippen LogP contribution in [-0.2, 0) is 27.3 Å². The second-order valence-corrected chi connectivity index (χ2v) is 8.16. The van der Waals surface area contributed by atoms with Gasteiger partial charge >= 0.3 is 5.97 Å². The number of ether oxygens (including phenoxy) is 3. The molecule has 0 saturated carbocycles. The predicted octanol–water partition coefficient (Wildman–Crippen LogP) is 2.78. The maximum atomic E-state index is 12.5. The highest BCUT2D eigenvalue weighted by molar-refractivity contribution is 5.89. The van der Waals surface area contributed by atoms with Gasteiger partial charge in [0, 0.05) is 24.9 Å². The van der Waals surface area contributed by atoms with E-state index in [1.807, 2.05) is 18.2 Å². The maximum Gasteiger partial charge on any atom is 0.337 e. The fourth-order valence-electron chi connectivity index (χ4n) is 4.08. The summed E-state index contributed by atoms with van der Waals surface area (Å²) in [7, 11) is 4.51. The minimum absolute atomic E-state index is 0.00146. The average molecular weight is 455 g/mol. The molecule has 0 radical (unpaired) electrons. The fraction of sp³-hybridized carbons (Fsp3) is 0.400. The Hall–Kier alpha value is -3.55. The lowest BCUT2D eigenvalue weighted by atomic mass is 9.85. The van der Waals surface area contributed by atoms with E-state index in [1.165, 1.54) is 7.11 Å². The van der Waals surface area contributed by atoms with Crippen LogP contribution in [0.3, 0.4) is 0 Å². The number of carbonyl (C=O) groups is 3. The number of amides is 2. The number of methoxy groups -OCH3 is 3. The van der Waals surface area contributed by atoms with Crippen LogP contribution >= 0.6 is 0 Å². The second-order valence-electron chi connectivity index (χ2n) is 8.16. The van der Waals surface area contributed by atoms with E-state index in [0.29, 0.717) is 49.3 Å². The minimum Gasteiger partial charge on any atom is -0.493 e. The van der Waals surface area contributed by atoms with Crippen molar-refractivity contribution in [2.75, 3.05) is 21.3 Å². The topological polar surface area (TPSA) is 103 Å². The SMILES string of the molecule is COC(=O)c1ccc(CNC(=O)CC[C@@]2(Cc3ccc(OC)c(OC)c3)CCC(=O)N2)cc1. The summed E-state index contributed by atoms with van der Waals surface area (Å²) in [5, 5.41) is 6.01. The van der Waals surface area contributed by atoms with Gasteiger partial charge in [-0.15, -0.1) is 0 Å². The van der Waals surface area contributed by atoms with E-state index in [2.05, 4.69) is 15.4 Å². The first-order valence-corrected chi connectivity index (χ1v) is 10.8. The van der Waals surface area contributed by atoms with E-state index < -0.39 is 11.5 Å². The Morgan fingerprint density at radius 1 is 1.00 bits per heavy atom. The molecule has 0 aromatic heterocycles. The van der Waals surface area contributed by atoms with Crippen LogP contribution in [0.1, 0.15) is 47.2 Å². The van der Waals surface area contributed by atoms with Gasteiger partial charge in [-0.2, -0.15) is 0 Å². The zero-order valence-electron chi connectivity index (χ0n) is 19.2. The van der Waals surface area contributed by atoms with E-state index in [1.54, 1.807) is 38.5 Å². The second kappa shape index (κ2) is 10.8. The molecule has 2 aromatic carbocycles. The summed E-state index contributed by atoms with van der Waals surface area (Å²) in [4.78, 5) is 36.1. The van der Waals surface area contributed by atoms with Gasteiger partial charge in [-0.25, -0.2) is 4.79 Å². The Morgan fingerprint density at radius 3 is 2.30 bits per heavy atom. The molecule has 0 aliphatic carbocycles. The number of hydrogen-bond acceptors (Lipinski definition) is 6. The monoisotopic (exact) mass is 454 g/mol. The molecule has 0 bridgehead atoms. The van der Waals surface area contributed by atoms with Crippen LogP contribution in [0.2, 0.25) is 0 Å². The summed E-state index contributed by atoms with van der Waals surface area (Å²) in [5.74, 6) is 0.778. The molecule has 2 aromatic rings. The number of carbonyl (C=O) groups excluding carboxylic acids is 3. The first-order chi connectivity index (χ1) is 15.9. The normalized spacial score (nSPS) is 17.2. The van der Waals surface area contributed by atoms with Crippen molar-refractivity contribution in [2.45, 2.75) is 44.2 Å². The summed E-state index contributed by atoms with van der Waals surface area (Å²) < 4.78 is 15.4. The van der Waals surface area contributed by atoms with Crippen LogP contribution in [0.15, 0.2) is 42.5 Å². The summed E-state index contributed by atoms with van der Waals surface area (Å²) in [6, 6.07) is 12.6. The molecule has 3 rings (SSSR count). The molecule has 33 heavy (non-hydrogen) atoms. The Kier molecular flexibility index (Phi) is 7.92. The van der Waals surface area contributed by atoms with Gasteiger partial charge in [0.25, 0.3) is 0 Å². The van der Waals surface area contributed by atoms with Gasteiger partial charge in [0.05, 0.1) is 26.9 Å². The molecule has 1 atom stereocenters. The fourth-order valence-corrected chi connectivity index (χ4v) is 4.08. The standard InChI is InChI=1S/C25H30N2O6/c1-31-20-9-6-18(14-21(20)32-2)15-25(13-11-23(29)27-25)12-10-22(28)26-16-17-4-7-19(8-5-17)24(30)33-3/h4-9,14H,10-13,15-16H2,1-3H3,(H,26,28)(H,27,29)/t25-/m0/s1. The molecule has 8 nitrogen and oxygen atoms in total. The first kappa shape index (κ1) is 24.1. The average Bonchev–Trinajstić information content (AvgIpc) is 3.21. The summed E-state index contributed by atoms with van der Waals surface area (Å²) in [5.41, 5.74) is 1.86. The Bertz CT molecular complexity index is 1000. The smallest absolute Gasteiger partial charge is 0.337 e. The molecule has 176 valence electrons. The molecule has 8 heteroatoms. The van der Waals surface area contributed by atoms with E-state index in [9.17, 15) is 14.4 Å². The molecular weight excluding hydrogens is 424 g/mol. The van der Waals surface area contributed by atoms with Crippen LogP contribution in [0, 0.1) is 0 Å². The number of nitrogens with one attached hydrogen (secondary N) is 2. The van der Waals surface area contributed by atoms with Gasteiger partial charge in [-0.3, -0.25) is 9.59 Å². The highest BCUT2D eigenvalue weighted by atomic mass is 16.5. The van der Waals surface area contributed by atoms with Gasteiger partial charge < -0.3 is 24.8 Å². The maximum absolute atomic E-state index is 12.5. The van der Waals surface area contributed by atoms with Crippen LogP contribution in [0.25, 0.3) is 0 Å². The van der Waals surface area contributed by atoms with Crippen LogP contribution in [0.5, 0.6) is 11.5 Å². The van der Waals surface area contributed by atoms with E-state index >= 15 is 0 Å². The van der Waals surface area contributed by atoms with Gasteiger partial charge in [0.15, 0.2) is 11.5 Å². The molecule has 0 spiro atoms. The van der Waals surface area contributed by atoms with E-state index in [0.717, 1.165) is 11.1 Å². The van der Waals surface area contributed by atoms with Crippen LogP contribution in [-0.4, -0.2) is 44.7 Å².